The first-order chi connectivity index (χ1) is 7.16. The zero-order chi connectivity index (χ0) is 10.8. The van der Waals surface area contributed by atoms with Crippen LogP contribution in [0, 0.1) is 3.57 Å². The third kappa shape index (κ3) is 3.29. The standard InChI is InChI=1S/C9H8Cl2IN3.ClH/c10-6-3-5(12)4-7(11)8(6)15-9-13-1-2-14-9;/h3-4H,1-2H2,(H2,13,14,15);1H/p-1. The summed E-state index contributed by atoms with van der Waals surface area (Å²) >= 11 is 14.3. The van der Waals surface area contributed by atoms with Crippen LogP contribution in [0.1, 0.15) is 0 Å². The van der Waals surface area contributed by atoms with Gasteiger partial charge in [0.05, 0.1) is 22.3 Å². The summed E-state index contributed by atoms with van der Waals surface area (Å²) < 4.78 is 1.01. The average Bonchev–Trinajstić information content (AvgIpc) is 2.63. The van der Waals surface area contributed by atoms with Crippen LogP contribution in [0.4, 0.5) is 5.69 Å². The van der Waals surface area contributed by atoms with E-state index in [2.05, 4.69) is 38.2 Å². The molecule has 16 heavy (non-hydrogen) atoms. The predicted molar refractivity (Wildman–Crippen MR) is 73.1 cm³/mol. The van der Waals surface area contributed by atoms with Crippen LogP contribution < -0.4 is 23.0 Å². The molecule has 0 atom stereocenters. The summed E-state index contributed by atoms with van der Waals surface area (Å²) in [4.78, 5) is 4.21. The number of halogens is 4. The van der Waals surface area contributed by atoms with Crippen LogP contribution in [0.3, 0.4) is 0 Å². The van der Waals surface area contributed by atoms with E-state index >= 15 is 0 Å². The van der Waals surface area contributed by atoms with Gasteiger partial charge in [0.1, 0.15) is 0 Å². The molecular weight excluding hydrogens is 383 g/mol. The molecule has 1 aromatic rings. The number of guanidine groups is 1. The van der Waals surface area contributed by atoms with E-state index in [1.54, 1.807) is 0 Å². The van der Waals surface area contributed by atoms with Gasteiger partial charge in [-0.1, -0.05) is 23.2 Å². The monoisotopic (exact) mass is 390 g/mol. The largest absolute Gasteiger partial charge is 1.00 e. The first-order valence-corrected chi connectivity index (χ1v) is 6.20. The van der Waals surface area contributed by atoms with Crippen molar-refractivity contribution < 1.29 is 12.4 Å². The molecule has 1 aromatic carbocycles. The Labute approximate surface area is 124 Å². The van der Waals surface area contributed by atoms with Gasteiger partial charge in [-0.3, -0.25) is 4.99 Å². The van der Waals surface area contributed by atoms with Crippen molar-refractivity contribution in [2.24, 2.45) is 4.99 Å². The molecule has 1 aliphatic heterocycles. The van der Waals surface area contributed by atoms with Crippen molar-refractivity contribution >= 4 is 57.4 Å². The molecule has 0 aliphatic carbocycles. The molecule has 1 heterocycles. The number of benzene rings is 1. The molecule has 7 heteroatoms. The van der Waals surface area contributed by atoms with Gasteiger partial charge < -0.3 is 23.0 Å². The van der Waals surface area contributed by atoms with E-state index in [9.17, 15) is 0 Å². The second kappa shape index (κ2) is 6.14. The van der Waals surface area contributed by atoms with Crippen molar-refractivity contribution in [2.45, 2.75) is 0 Å². The normalized spacial score (nSPS) is 13.8. The molecule has 0 aromatic heterocycles. The molecule has 0 spiro atoms. The number of anilines is 1. The molecule has 0 radical (unpaired) electrons. The summed E-state index contributed by atoms with van der Waals surface area (Å²) in [6.45, 7) is 1.63. The maximum absolute atomic E-state index is 6.08. The van der Waals surface area contributed by atoms with E-state index < -0.39 is 0 Å². The Hall–Kier alpha value is 0.0900. The lowest BCUT2D eigenvalue weighted by Crippen LogP contribution is -3.00. The van der Waals surface area contributed by atoms with Gasteiger partial charge in [-0.2, -0.15) is 0 Å². The highest BCUT2D eigenvalue weighted by Crippen LogP contribution is 2.32. The minimum Gasteiger partial charge on any atom is -1.00 e. The molecular formula is C9H8Cl3IN3-. The fraction of sp³-hybridized carbons (Fsp3) is 0.222. The molecule has 0 saturated carbocycles. The summed E-state index contributed by atoms with van der Waals surface area (Å²) in [7, 11) is 0. The van der Waals surface area contributed by atoms with Crippen LogP contribution in [0.5, 0.6) is 0 Å². The number of aliphatic imine (C=N–C) groups is 1. The van der Waals surface area contributed by atoms with E-state index in [4.69, 9.17) is 23.2 Å². The number of hydrogen-bond acceptors (Lipinski definition) is 3. The summed E-state index contributed by atoms with van der Waals surface area (Å²) in [5, 5.41) is 7.37. The minimum atomic E-state index is 0. The first kappa shape index (κ1) is 14.2. The Morgan fingerprint density at radius 1 is 1.31 bits per heavy atom. The molecule has 3 nitrogen and oxygen atoms in total. The minimum absolute atomic E-state index is 0. The number of rotatable bonds is 1. The van der Waals surface area contributed by atoms with Crippen LogP contribution in [0.25, 0.3) is 0 Å². The number of hydrogen-bond donors (Lipinski definition) is 2. The highest BCUT2D eigenvalue weighted by atomic mass is 127. The van der Waals surface area contributed by atoms with Gasteiger partial charge in [0.2, 0.25) is 0 Å². The second-order valence-corrected chi connectivity index (χ2v) is 5.09. The third-order valence-electron chi connectivity index (χ3n) is 1.92. The lowest BCUT2D eigenvalue weighted by atomic mass is 10.3. The Morgan fingerprint density at radius 3 is 2.44 bits per heavy atom. The van der Waals surface area contributed by atoms with Crippen LogP contribution in [-0.4, -0.2) is 19.0 Å². The molecule has 0 fully saturated rings. The SMILES string of the molecule is Clc1cc(I)cc(Cl)c1NC1=NCCN1.[Cl-]. The average molecular weight is 391 g/mol. The fourth-order valence-electron chi connectivity index (χ4n) is 1.26. The van der Waals surface area contributed by atoms with Gasteiger partial charge >= 0.3 is 0 Å². The quantitative estimate of drug-likeness (QED) is 0.660. The summed E-state index contributed by atoms with van der Waals surface area (Å²) in [5.41, 5.74) is 0.701. The van der Waals surface area contributed by atoms with Crippen molar-refractivity contribution in [3.8, 4) is 0 Å². The molecule has 2 N–H and O–H groups in total. The molecule has 1 aliphatic rings. The molecule has 0 unspecified atom stereocenters. The summed E-state index contributed by atoms with van der Waals surface area (Å²) in [6, 6.07) is 3.71. The number of nitrogens with one attached hydrogen (secondary N) is 2. The maximum Gasteiger partial charge on any atom is 0.196 e. The van der Waals surface area contributed by atoms with Gasteiger partial charge in [0, 0.05) is 10.1 Å². The summed E-state index contributed by atoms with van der Waals surface area (Å²) in [6.07, 6.45) is 0. The van der Waals surface area contributed by atoms with Crippen LogP contribution in [-0.2, 0) is 0 Å². The molecule has 88 valence electrons. The smallest absolute Gasteiger partial charge is 0.196 e. The zero-order valence-corrected chi connectivity index (χ0v) is 12.5. The van der Waals surface area contributed by atoms with Gasteiger partial charge in [-0.05, 0) is 34.7 Å². The van der Waals surface area contributed by atoms with Crippen LogP contribution in [0.2, 0.25) is 10.0 Å². The Balaban J connectivity index is 0.00000128. The van der Waals surface area contributed by atoms with E-state index in [1.165, 1.54) is 0 Å². The Morgan fingerprint density at radius 2 is 1.94 bits per heavy atom. The number of nitrogens with zero attached hydrogens (tertiary/aromatic N) is 1. The van der Waals surface area contributed by atoms with E-state index in [-0.39, 0.29) is 12.4 Å². The molecule has 0 bridgehead atoms. The maximum atomic E-state index is 6.08. The summed E-state index contributed by atoms with van der Waals surface area (Å²) in [5.74, 6) is 0.722. The topological polar surface area (TPSA) is 36.4 Å². The van der Waals surface area contributed by atoms with Crippen molar-refractivity contribution in [2.75, 3.05) is 18.4 Å². The van der Waals surface area contributed by atoms with Crippen LogP contribution >= 0.6 is 45.8 Å². The molecule has 2 rings (SSSR count). The zero-order valence-electron chi connectivity index (χ0n) is 8.03. The van der Waals surface area contributed by atoms with Crippen molar-refractivity contribution in [1.29, 1.82) is 0 Å². The van der Waals surface area contributed by atoms with Gasteiger partial charge in [0.25, 0.3) is 0 Å². The highest BCUT2D eigenvalue weighted by Gasteiger charge is 2.11. The molecule has 0 amide bonds. The second-order valence-electron chi connectivity index (χ2n) is 3.03. The van der Waals surface area contributed by atoms with Crippen LogP contribution in [0.15, 0.2) is 17.1 Å². The van der Waals surface area contributed by atoms with Gasteiger partial charge in [-0.25, -0.2) is 0 Å². The lowest BCUT2D eigenvalue weighted by molar-refractivity contribution is -0.00000276. The Bertz CT molecular complexity index is 399. The van der Waals surface area contributed by atoms with Crippen molar-refractivity contribution in [3.63, 3.8) is 0 Å². The Kier molecular flexibility index (Phi) is 5.43. The fourth-order valence-corrected chi connectivity index (χ4v) is 2.83. The van der Waals surface area contributed by atoms with Gasteiger partial charge in [-0.15, -0.1) is 0 Å². The third-order valence-corrected chi connectivity index (χ3v) is 3.14. The lowest BCUT2D eigenvalue weighted by Gasteiger charge is -2.10. The van der Waals surface area contributed by atoms with E-state index in [0.717, 1.165) is 22.6 Å². The molecule has 0 saturated heterocycles. The van der Waals surface area contributed by atoms with E-state index in [0.29, 0.717) is 15.7 Å². The van der Waals surface area contributed by atoms with E-state index in [1.807, 2.05) is 12.1 Å². The van der Waals surface area contributed by atoms with Crippen molar-refractivity contribution in [1.82, 2.24) is 5.32 Å². The first-order valence-electron chi connectivity index (χ1n) is 4.37. The van der Waals surface area contributed by atoms with Gasteiger partial charge in [0.15, 0.2) is 5.96 Å². The van der Waals surface area contributed by atoms with Crippen molar-refractivity contribution in [3.05, 3.63) is 25.7 Å². The predicted octanol–water partition coefficient (Wildman–Crippen LogP) is -0.0269. The highest BCUT2D eigenvalue weighted by molar-refractivity contribution is 14.1.